The number of rotatable bonds is 8. The number of Topliss-reactive ketones (excluding diaryl/α,β-unsaturated/α-hetero) is 1. The molecule has 26 heavy (non-hydrogen) atoms. The van der Waals surface area contributed by atoms with E-state index in [-0.39, 0.29) is 12.3 Å². The predicted octanol–water partition coefficient (Wildman–Crippen LogP) is 2.42. The summed E-state index contributed by atoms with van der Waals surface area (Å²) in [6.45, 7) is 0.0626. The monoisotopic (exact) mass is 378 g/mol. The second-order valence-corrected chi connectivity index (χ2v) is 6.32. The third kappa shape index (κ3) is 4.66. The minimum atomic E-state index is -1.15. The van der Waals surface area contributed by atoms with Crippen LogP contribution in [0, 0.1) is 0 Å². The maximum atomic E-state index is 12.5. The molecule has 6 nitrogen and oxygen atoms in total. The lowest BCUT2D eigenvalue weighted by Crippen LogP contribution is -2.42. The number of aliphatic hydroxyl groups is 1. The van der Waals surface area contributed by atoms with Gasteiger partial charge in [-0.15, -0.1) is 0 Å². The van der Waals surface area contributed by atoms with Crippen molar-refractivity contribution < 1.29 is 19.4 Å². The lowest BCUT2D eigenvalue weighted by atomic mass is 9.99. The quantitative estimate of drug-likeness (QED) is 0.733. The molecule has 2 unspecified atom stereocenters. The van der Waals surface area contributed by atoms with Gasteiger partial charge in [-0.1, -0.05) is 17.7 Å². The number of halogens is 1. The number of nitrogens with two attached hydrogens (primary N) is 1. The normalized spacial score (nSPS) is 13.0. The molecule has 0 aliphatic heterocycles. The molecule has 0 aliphatic rings. The van der Waals surface area contributed by atoms with Gasteiger partial charge in [-0.05, 0) is 42.0 Å². The first kappa shape index (κ1) is 20.0. The van der Waals surface area contributed by atoms with Gasteiger partial charge in [0, 0.05) is 17.8 Å². The highest BCUT2D eigenvalue weighted by atomic mass is 35.5. The zero-order valence-electron chi connectivity index (χ0n) is 15.0. The Labute approximate surface area is 158 Å². The highest BCUT2D eigenvalue weighted by Gasteiger charge is 2.26. The molecule has 2 rings (SSSR count). The third-order valence-electron chi connectivity index (χ3n) is 4.12. The summed E-state index contributed by atoms with van der Waals surface area (Å²) >= 11 is 5.87. The van der Waals surface area contributed by atoms with Crippen LogP contribution < -0.4 is 20.1 Å². The molecule has 2 aromatic carbocycles. The Balaban J connectivity index is 2.08. The summed E-state index contributed by atoms with van der Waals surface area (Å²) in [4.78, 5) is 14.2. The average Bonchev–Trinajstić information content (AvgIpc) is 2.66. The van der Waals surface area contributed by atoms with Crippen LogP contribution in [0.5, 0.6) is 11.5 Å². The molecule has 0 aliphatic carbocycles. The Hall–Kier alpha value is -2.28. The first-order valence-corrected chi connectivity index (χ1v) is 8.40. The SMILES string of the molecule is COc1ccc(C(O)C(N)C(=O)CN(C)c2ccc(Cl)cc2)cc1OC. The summed E-state index contributed by atoms with van der Waals surface area (Å²) in [7, 11) is 4.80. The smallest absolute Gasteiger partial charge is 0.171 e. The van der Waals surface area contributed by atoms with Gasteiger partial charge in [0.2, 0.25) is 0 Å². The zero-order chi connectivity index (χ0) is 19.3. The molecule has 3 N–H and O–H groups in total. The van der Waals surface area contributed by atoms with Crippen LogP contribution in [-0.2, 0) is 4.79 Å². The summed E-state index contributed by atoms with van der Waals surface area (Å²) in [5.74, 6) is 0.706. The summed E-state index contributed by atoms with van der Waals surface area (Å²) in [6, 6.07) is 11.0. The van der Waals surface area contributed by atoms with E-state index in [1.54, 1.807) is 42.3 Å². The summed E-state index contributed by atoms with van der Waals surface area (Å²) in [5, 5.41) is 11.1. The van der Waals surface area contributed by atoms with Crippen LogP contribution in [0.4, 0.5) is 5.69 Å². The summed E-state index contributed by atoms with van der Waals surface area (Å²) in [6.07, 6.45) is -1.15. The van der Waals surface area contributed by atoms with E-state index in [1.165, 1.54) is 14.2 Å². The number of anilines is 1. The lowest BCUT2D eigenvalue weighted by Gasteiger charge is -2.23. The largest absolute Gasteiger partial charge is 0.493 e. The first-order chi connectivity index (χ1) is 12.4. The number of benzene rings is 2. The van der Waals surface area contributed by atoms with Crippen LogP contribution >= 0.6 is 11.6 Å². The predicted molar refractivity (Wildman–Crippen MR) is 102 cm³/mol. The van der Waals surface area contributed by atoms with E-state index in [4.69, 9.17) is 26.8 Å². The van der Waals surface area contributed by atoms with Gasteiger partial charge < -0.3 is 25.2 Å². The number of carbonyl (C=O) groups is 1. The standard InChI is InChI=1S/C19H23ClN2O4/c1-22(14-7-5-13(20)6-8-14)11-15(23)18(21)19(24)12-4-9-16(25-2)17(10-12)26-3/h4-10,18-19,24H,11,21H2,1-3H3. The van der Waals surface area contributed by atoms with E-state index in [2.05, 4.69) is 0 Å². The number of nitrogens with zero attached hydrogens (tertiary/aromatic N) is 1. The number of carbonyl (C=O) groups excluding carboxylic acids is 1. The van der Waals surface area contributed by atoms with Gasteiger partial charge in [0.25, 0.3) is 0 Å². The van der Waals surface area contributed by atoms with Crippen LogP contribution in [-0.4, -0.2) is 44.7 Å². The number of ether oxygens (including phenoxy) is 2. The van der Waals surface area contributed by atoms with Gasteiger partial charge in [0.1, 0.15) is 6.10 Å². The van der Waals surface area contributed by atoms with Crippen LogP contribution in [0.1, 0.15) is 11.7 Å². The molecule has 140 valence electrons. The second kappa shape index (κ2) is 8.89. The number of aliphatic hydroxyl groups excluding tert-OH is 1. The third-order valence-corrected chi connectivity index (χ3v) is 4.37. The Bertz CT molecular complexity index is 752. The Morgan fingerprint density at radius 3 is 2.35 bits per heavy atom. The van der Waals surface area contributed by atoms with Gasteiger partial charge >= 0.3 is 0 Å². The van der Waals surface area contributed by atoms with Crippen molar-refractivity contribution in [3.05, 3.63) is 53.1 Å². The Kier molecular flexibility index (Phi) is 6.85. The number of ketones is 1. The van der Waals surface area contributed by atoms with Crippen molar-refractivity contribution in [3.8, 4) is 11.5 Å². The molecule has 0 saturated heterocycles. The topological polar surface area (TPSA) is 85.0 Å². The highest BCUT2D eigenvalue weighted by molar-refractivity contribution is 6.30. The molecule has 2 aromatic rings. The van der Waals surface area contributed by atoms with Gasteiger partial charge in [-0.25, -0.2) is 0 Å². The maximum absolute atomic E-state index is 12.5. The van der Waals surface area contributed by atoms with Crippen molar-refractivity contribution in [2.24, 2.45) is 5.73 Å². The van der Waals surface area contributed by atoms with E-state index in [1.807, 2.05) is 12.1 Å². The fourth-order valence-electron chi connectivity index (χ4n) is 2.55. The van der Waals surface area contributed by atoms with Crippen molar-refractivity contribution >= 4 is 23.1 Å². The molecule has 7 heteroatoms. The minimum absolute atomic E-state index is 0.0626. The van der Waals surface area contributed by atoms with E-state index in [0.29, 0.717) is 22.1 Å². The Morgan fingerprint density at radius 2 is 1.77 bits per heavy atom. The first-order valence-electron chi connectivity index (χ1n) is 8.02. The van der Waals surface area contributed by atoms with Crippen LogP contribution in [0.2, 0.25) is 5.02 Å². The van der Waals surface area contributed by atoms with Crippen molar-refractivity contribution in [2.45, 2.75) is 12.1 Å². The van der Waals surface area contributed by atoms with Gasteiger partial charge in [-0.3, -0.25) is 4.79 Å². The fraction of sp³-hybridized carbons (Fsp3) is 0.316. The van der Waals surface area contributed by atoms with Crippen LogP contribution in [0.15, 0.2) is 42.5 Å². The van der Waals surface area contributed by atoms with Crippen LogP contribution in [0.3, 0.4) is 0 Å². The Morgan fingerprint density at radius 1 is 1.15 bits per heavy atom. The van der Waals surface area contributed by atoms with Gasteiger partial charge in [-0.2, -0.15) is 0 Å². The van der Waals surface area contributed by atoms with Gasteiger partial charge in [0.05, 0.1) is 26.8 Å². The van der Waals surface area contributed by atoms with E-state index in [0.717, 1.165) is 5.69 Å². The molecular weight excluding hydrogens is 356 g/mol. The van der Waals surface area contributed by atoms with Crippen molar-refractivity contribution in [3.63, 3.8) is 0 Å². The van der Waals surface area contributed by atoms with Gasteiger partial charge in [0.15, 0.2) is 17.3 Å². The average molecular weight is 379 g/mol. The molecule has 0 heterocycles. The molecule has 0 aromatic heterocycles. The number of hydrogen-bond acceptors (Lipinski definition) is 6. The maximum Gasteiger partial charge on any atom is 0.171 e. The van der Waals surface area contributed by atoms with E-state index < -0.39 is 12.1 Å². The number of hydrogen-bond donors (Lipinski definition) is 2. The minimum Gasteiger partial charge on any atom is -0.493 e. The lowest BCUT2D eigenvalue weighted by molar-refractivity contribution is -0.121. The van der Waals surface area contributed by atoms with Crippen molar-refractivity contribution in [1.29, 1.82) is 0 Å². The molecule has 0 amide bonds. The highest BCUT2D eigenvalue weighted by Crippen LogP contribution is 2.30. The zero-order valence-corrected chi connectivity index (χ0v) is 15.7. The number of methoxy groups -OCH3 is 2. The second-order valence-electron chi connectivity index (χ2n) is 5.88. The van der Waals surface area contributed by atoms with E-state index in [9.17, 15) is 9.90 Å². The molecule has 0 spiro atoms. The molecule has 0 radical (unpaired) electrons. The van der Waals surface area contributed by atoms with Crippen LogP contribution in [0.25, 0.3) is 0 Å². The molecule has 0 saturated carbocycles. The number of likely N-dealkylation sites (N-methyl/N-ethyl adjacent to an activating group) is 1. The van der Waals surface area contributed by atoms with E-state index >= 15 is 0 Å². The summed E-state index contributed by atoms with van der Waals surface area (Å²) in [5.41, 5.74) is 7.30. The molecule has 0 fully saturated rings. The molecule has 0 bridgehead atoms. The molecular formula is C19H23ClN2O4. The molecule has 2 atom stereocenters. The fourth-order valence-corrected chi connectivity index (χ4v) is 2.67. The summed E-state index contributed by atoms with van der Waals surface area (Å²) < 4.78 is 10.4. The van der Waals surface area contributed by atoms with Crippen molar-refractivity contribution in [1.82, 2.24) is 0 Å². The van der Waals surface area contributed by atoms with Crippen molar-refractivity contribution in [2.75, 3.05) is 32.7 Å².